The van der Waals surface area contributed by atoms with Crippen LogP contribution in [0.15, 0.2) is 24.3 Å². The van der Waals surface area contributed by atoms with Crippen LogP contribution in [0.25, 0.3) is 0 Å². The summed E-state index contributed by atoms with van der Waals surface area (Å²) in [7, 11) is 0. The zero-order chi connectivity index (χ0) is 15.8. The third-order valence-corrected chi connectivity index (χ3v) is 3.53. The molecule has 1 aromatic rings. The SMILES string of the molecule is O=C(O)COc1ccc(CCNC(=O)C2CCCOC2)cc1. The number of nitrogens with one attached hydrogen (secondary N) is 1. The molecule has 22 heavy (non-hydrogen) atoms. The zero-order valence-corrected chi connectivity index (χ0v) is 12.4. The molecule has 1 aliphatic rings. The van der Waals surface area contributed by atoms with Crippen LogP contribution in [0.5, 0.6) is 5.75 Å². The summed E-state index contributed by atoms with van der Waals surface area (Å²) in [5.74, 6) is -0.449. The summed E-state index contributed by atoms with van der Waals surface area (Å²) in [4.78, 5) is 22.3. The molecule has 120 valence electrons. The summed E-state index contributed by atoms with van der Waals surface area (Å²) in [6, 6.07) is 7.20. The summed E-state index contributed by atoms with van der Waals surface area (Å²) in [5.41, 5.74) is 1.06. The topological polar surface area (TPSA) is 84.9 Å². The van der Waals surface area contributed by atoms with Crippen LogP contribution in [-0.2, 0) is 20.7 Å². The monoisotopic (exact) mass is 307 g/mol. The maximum Gasteiger partial charge on any atom is 0.341 e. The predicted octanol–water partition coefficient (Wildman–Crippen LogP) is 1.24. The van der Waals surface area contributed by atoms with Crippen LogP contribution in [-0.4, -0.2) is 43.3 Å². The van der Waals surface area contributed by atoms with Crippen molar-refractivity contribution in [1.29, 1.82) is 0 Å². The van der Waals surface area contributed by atoms with Crippen molar-refractivity contribution in [2.24, 2.45) is 5.92 Å². The van der Waals surface area contributed by atoms with Gasteiger partial charge < -0.3 is 19.9 Å². The van der Waals surface area contributed by atoms with E-state index in [9.17, 15) is 9.59 Å². The van der Waals surface area contributed by atoms with Crippen LogP contribution in [0.2, 0.25) is 0 Å². The molecule has 0 saturated carbocycles. The van der Waals surface area contributed by atoms with Gasteiger partial charge >= 0.3 is 5.97 Å². The molecule has 0 radical (unpaired) electrons. The van der Waals surface area contributed by atoms with Gasteiger partial charge in [-0.05, 0) is 37.0 Å². The molecule has 6 heteroatoms. The largest absolute Gasteiger partial charge is 0.482 e. The number of ether oxygens (including phenoxy) is 2. The van der Waals surface area contributed by atoms with Gasteiger partial charge in [-0.15, -0.1) is 0 Å². The van der Waals surface area contributed by atoms with Crippen molar-refractivity contribution in [2.75, 3.05) is 26.4 Å². The quantitative estimate of drug-likeness (QED) is 0.791. The molecule has 1 fully saturated rings. The fourth-order valence-electron chi connectivity index (χ4n) is 2.32. The minimum Gasteiger partial charge on any atom is -0.482 e. The number of carboxylic acid groups (broad SMARTS) is 1. The number of rotatable bonds is 7. The van der Waals surface area contributed by atoms with Crippen molar-refractivity contribution >= 4 is 11.9 Å². The Morgan fingerprint density at radius 2 is 2.09 bits per heavy atom. The molecule has 2 N–H and O–H groups in total. The maximum atomic E-state index is 11.9. The lowest BCUT2D eigenvalue weighted by Crippen LogP contribution is -2.36. The number of hydrogen-bond donors (Lipinski definition) is 2. The van der Waals surface area contributed by atoms with Crippen LogP contribution in [0.3, 0.4) is 0 Å². The first-order valence-electron chi connectivity index (χ1n) is 7.44. The molecule has 0 aliphatic carbocycles. The van der Waals surface area contributed by atoms with Crippen molar-refractivity contribution < 1.29 is 24.2 Å². The third-order valence-electron chi connectivity index (χ3n) is 3.53. The van der Waals surface area contributed by atoms with Gasteiger partial charge in [0.15, 0.2) is 6.61 Å². The average Bonchev–Trinajstić information content (AvgIpc) is 2.55. The molecule has 1 heterocycles. The lowest BCUT2D eigenvalue weighted by Gasteiger charge is -2.21. The minimum absolute atomic E-state index is 0.0273. The Morgan fingerprint density at radius 1 is 1.32 bits per heavy atom. The summed E-state index contributed by atoms with van der Waals surface area (Å²) < 4.78 is 10.4. The van der Waals surface area contributed by atoms with E-state index >= 15 is 0 Å². The Kier molecular flexibility index (Phi) is 6.21. The fourth-order valence-corrected chi connectivity index (χ4v) is 2.32. The highest BCUT2D eigenvalue weighted by Crippen LogP contribution is 2.14. The summed E-state index contributed by atoms with van der Waals surface area (Å²) in [6.45, 7) is 1.49. The second-order valence-corrected chi connectivity index (χ2v) is 5.28. The predicted molar refractivity (Wildman–Crippen MR) is 79.8 cm³/mol. The van der Waals surface area contributed by atoms with Gasteiger partial charge in [0, 0.05) is 13.2 Å². The van der Waals surface area contributed by atoms with E-state index in [1.807, 2.05) is 12.1 Å². The number of benzene rings is 1. The minimum atomic E-state index is -1.00. The van der Waals surface area contributed by atoms with E-state index in [1.165, 1.54) is 0 Å². The molecular formula is C16H21NO5. The standard InChI is InChI=1S/C16H21NO5/c18-15(19)11-22-14-5-3-12(4-6-14)7-8-17-16(20)13-2-1-9-21-10-13/h3-6,13H,1-2,7-11H2,(H,17,20)(H,18,19). The van der Waals surface area contributed by atoms with Gasteiger partial charge in [0.25, 0.3) is 0 Å². The first-order chi connectivity index (χ1) is 10.6. The second-order valence-electron chi connectivity index (χ2n) is 5.28. The second kappa shape index (κ2) is 8.38. The molecule has 1 aromatic carbocycles. The van der Waals surface area contributed by atoms with Gasteiger partial charge in [-0.2, -0.15) is 0 Å². The smallest absolute Gasteiger partial charge is 0.341 e. The zero-order valence-electron chi connectivity index (χ0n) is 12.4. The first kappa shape index (κ1) is 16.3. The van der Waals surface area contributed by atoms with Crippen LogP contribution in [0, 0.1) is 5.92 Å². The molecular weight excluding hydrogens is 286 g/mol. The molecule has 1 aliphatic heterocycles. The summed E-state index contributed by atoms with van der Waals surface area (Å²) >= 11 is 0. The van der Waals surface area contributed by atoms with Crippen LogP contribution in [0.1, 0.15) is 18.4 Å². The van der Waals surface area contributed by atoms with E-state index in [0.717, 1.165) is 31.4 Å². The van der Waals surface area contributed by atoms with Crippen molar-refractivity contribution in [3.8, 4) is 5.75 Å². The summed E-state index contributed by atoms with van der Waals surface area (Å²) in [5, 5.41) is 11.5. The van der Waals surface area contributed by atoms with Gasteiger partial charge in [0.2, 0.25) is 5.91 Å². The average molecular weight is 307 g/mol. The number of carbonyl (C=O) groups is 2. The van der Waals surface area contributed by atoms with Crippen molar-refractivity contribution in [1.82, 2.24) is 5.32 Å². The molecule has 0 bridgehead atoms. The lowest BCUT2D eigenvalue weighted by atomic mass is 10.0. The number of carbonyl (C=O) groups excluding carboxylic acids is 1. The first-order valence-corrected chi connectivity index (χ1v) is 7.44. The van der Waals surface area contributed by atoms with E-state index in [1.54, 1.807) is 12.1 Å². The molecule has 2 rings (SSSR count). The van der Waals surface area contributed by atoms with Gasteiger partial charge in [-0.1, -0.05) is 12.1 Å². The lowest BCUT2D eigenvalue weighted by molar-refractivity contribution is -0.139. The van der Waals surface area contributed by atoms with Gasteiger partial charge in [-0.25, -0.2) is 4.79 Å². The van der Waals surface area contributed by atoms with Crippen molar-refractivity contribution in [2.45, 2.75) is 19.3 Å². The molecule has 1 atom stereocenters. The Labute approximate surface area is 129 Å². The number of amides is 1. The Balaban J connectivity index is 1.70. The normalized spacial score (nSPS) is 17.7. The van der Waals surface area contributed by atoms with E-state index in [2.05, 4.69) is 5.32 Å². The van der Waals surface area contributed by atoms with Crippen LogP contribution in [0.4, 0.5) is 0 Å². The van der Waals surface area contributed by atoms with Crippen molar-refractivity contribution in [3.05, 3.63) is 29.8 Å². The van der Waals surface area contributed by atoms with E-state index in [4.69, 9.17) is 14.6 Å². The number of hydrogen-bond acceptors (Lipinski definition) is 4. The Bertz CT molecular complexity index is 494. The third kappa shape index (κ3) is 5.37. The molecule has 1 saturated heterocycles. The van der Waals surface area contributed by atoms with E-state index in [-0.39, 0.29) is 18.4 Å². The van der Waals surface area contributed by atoms with E-state index < -0.39 is 5.97 Å². The molecule has 6 nitrogen and oxygen atoms in total. The maximum absolute atomic E-state index is 11.9. The number of aliphatic carboxylic acids is 1. The highest BCUT2D eigenvalue weighted by molar-refractivity contribution is 5.78. The molecule has 0 spiro atoms. The fraction of sp³-hybridized carbons (Fsp3) is 0.500. The highest BCUT2D eigenvalue weighted by atomic mass is 16.5. The van der Waals surface area contributed by atoms with Gasteiger partial charge in [-0.3, -0.25) is 4.79 Å². The molecule has 0 aromatic heterocycles. The number of carboxylic acids is 1. The van der Waals surface area contributed by atoms with Gasteiger partial charge in [0.1, 0.15) is 5.75 Å². The molecule has 1 amide bonds. The van der Waals surface area contributed by atoms with Gasteiger partial charge in [0.05, 0.1) is 12.5 Å². The summed E-state index contributed by atoms with van der Waals surface area (Å²) in [6.07, 6.45) is 2.55. The Morgan fingerprint density at radius 3 is 2.73 bits per heavy atom. The Hall–Kier alpha value is -2.08. The van der Waals surface area contributed by atoms with Crippen LogP contribution < -0.4 is 10.1 Å². The van der Waals surface area contributed by atoms with E-state index in [0.29, 0.717) is 18.9 Å². The highest BCUT2D eigenvalue weighted by Gasteiger charge is 2.20. The van der Waals surface area contributed by atoms with Crippen molar-refractivity contribution in [3.63, 3.8) is 0 Å². The van der Waals surface area contributed by atoms with Crippen LogP contribution >= 0.6 is 0 Å². The molecule has 1 unspecified atom stereocenters.